The number of ether oxygens (including phenoxy) is 1. The molecule has 0 spiro atoms. The van der Waals surface area contributed by atoms with E-state index in [1.54, 1.807) is 13.1 Å². The maximum absolute atomic E-state index is 12.8. The Morgan fingerprint density at radius 2 is 1.77 bits per heavy atom. The molecule has 1 aliphatic rings. The summed E-state index contributed by atoms with van der Waals surface area (Å²) in [6, 6.07) is 11.7. The molecule has 1 aliphatic heterocycles. The zero-order valence-corrected chi connectivity index (χ0v) is 17.5. The lowest BCUT2D eigenvalue weighted by Gasteiger charge is -2.36. The second-order valence-corrected chi connectivity index (χ2v) is 7.48. The fourth-order valence-electron chi connectivity index (χ4n) is 3.59. The van der Waals surface area contributed by atoms with Crippen LogP contribution in [0.25, 0.3) is 5.82 Å². The molecule has 3 aromatic rings. The van der Waals surface area contributed by atoms with Crippen molar-refractivity contribution in [1.82, 2.24) is 24.6 Å². The third-order valence-corrected chi connectivity index (χ3v) is 5.27. The molecule has 2 aromatic heterocycles. The van der Waals surface area contributed by atoms with Crippen LogP contribution in [0.1, 0.15) is 18.3 Å². The number of carbonyl (C=O) groups excluding carboxylic acids is 1. The van der Waals surface area contributed by atoms with Crippen molar-refractivity contribution >= 4 is 11.7 Å². The summed E-state index contributed by atoms with van der Waals surface area (Å²) in [6.45, 7) is 8.41. The molecular weight excluding hydrogens is 380 g/mol. The number of imidazole rings is 1. The van der Waals surface area contributed by atoms with E-state index < -0.39 is 6.10 Å². The molecule has 0 saturated carbocycles. The third kappa shape index (κ3) is 4.27. The van der Waals surface area contributed by atoms with Crippen molar-refractivity contribution in [2.24, 2.45) is 0 Å². The number of hydrogen-bond donors (Lipinski definition) is 0. The van der Waals surface area contributed by atoms with Crippen LogP contribution < -0.4 is 9.64 Å². The fourth-order valence-corrected chi connectivity index (χ4v) is 3.59. The van der Waals surface area contributed by atoms with Crippen LogP contribution in [0.2, 0.25) is 0 Å². The van der Waals surface area contributed by atoms with Crippen molar-refractivity contribution < 1.29 is 9.53 Å². The molecule has 156 valence electrons. The Hall–Kier alpha value is -3.42. The van der Waals surface area contributed by atoms with Crippen molar-refractivity contribution in [2.45, 2.75) is 26.9 Å². The SMILES string of the molecule is Cc1cccc(OC(C)C(=O)N2CCN(c3ccc(-n4ccnc4C)nn3)CC2)c1. The van der Waals surface area contributed by atoms with Gasteiger partial charge in [-0.3, -0.25) is 9.36 Å². The van der Waals surface area contributed by atoms with E-state index in [1.165, 1.54) is 0 Å². The van der Waals surface area contributed by atoms with E-state index >= 15 is 0 Å². The van der Waals surface area contributed by atoms with Gasteiger partial charge < -0.3 is 14.5 Å². The topological polar surface area (TPSA) is 76.4 Å². The summed E-state index contributed by atoms with van der Waals surface area (Å²) in [4.78, 5) is 21.0. The predicted molar refractivity (Wildman–Crippen MR) is 114 cm³/mol. The number of rotatable bonds is 5. The van der Waals surface area contributed by atoms with Crippen LogP contribution >= 0.6 is 0 Å². The molecule has 0 N–H and O–H groups in total. The zero-order chi connectivity index (χ0) is 21.1. The number of amides is 1. The van der Waals surface area contributed by atoms with E-state index in [0.29, 0.717) is 26.2 Å². The van der Waals surface area contributed by atoms with Gasteiger partial charge in [-0.2, -0.15) is 0 Å². The minimum atomic E-state index is -0.518. The highest BCUT2D eigenvalue weighted by Gasteiger charge is 2.26. The molecule has 8 heteroatoms. The molecule has 8 nitrogen and oxygen atoms in total. The number of aromatic nitrogens is 4. The van der Waals surface area contributed by atoms with Gasteiger partial charge in [-0.15, -0.1) is 10.2 Å². The number of benzene rings is 1. The van der Waals surface area contributed by atoms with Gasteiger partial charge in [0.2, 0.25) is 0 Å². The Morgan fingerprint density at radius 3 is 2.40 bits per heavy atom. The minimum Gasteiger partial charge on any atom is -0.481 e. The molecule has 0 radical (unpaired) electrons. The van der Waals surface area contributed by atoms with Gasteiger partial charge in [-0.1, -0.05) is 12.1 Å². The third-order valence-electron chi connectivity index (χ3n) is 5.27. The van der Waals surface area contributed by atoms with Crippen molar-refractivity contribution in [3.8, 4) is 11.6 Å². The summed E-state index contributed by atoms with van der Waals surface area (Å²) < 4.78 is 7.74. The lowest BCUT2D eigenvalue weighted by atomic mass is 10.2. The van der Waals surface area contributed by atoms with Crippen LogP contribution in [0.15, 0.2) is 48.8 Å². The van der Waals surface area contributed by atoms with E-state index in [-0.39, 0.29) is 5.91 Å². The average molecular weight is 406 g/mol. The summed E-state index contributed by atoms with van der Waals surface area (Å²) in [7, 11) is 0. The number of nitrogens with zero attached hydrogens (tertiary/aromatic N) is 6. The normalized spacial score (nSPS) is 15.2. The van der Waals surface area contributed by atoms with Crippen LogP contribution in [0.5, 0.6) is 5.75 Å². The van der Waals surface area contributed by atoms with Crippen molar-refractivity contribution in [2.75, 3.05) is 31.1 Å². The molecule has 1 atom stereocenters. The standard InChI is InChI=1S/C22H26N6O2/c1-16-5-4-6-19(15-16)30-17(2)22(29)27-13-11-26(12-14-27)20-7-8-21(25-24-20)28-10-9-23-18(28)3/h4-10,15,17H,11-14H2,1-3H3. The van der Waals surface area contributed by atoms with Crippen molar-refractivity contribution in [3.05, 3.63) is 60.2 Å². The molecule has 1 saturated heterocycles. The van der Waals surface area contributed by atoms with Crippen molar-refractivity contribution in [1.29, 1.82) is 0 Å². The first-order valence-electron chi connectivity index (χ1n) is 10.1. The molecule has 0 aliphatic carbocycles. The van der Waals surface area contributed by atoms with Gasteiger partial charge in [0.15, 0.2) is 17.7 Å². The number of anilines is 1. The summed E-state index contributed by atoms with van der Waals surface area (Å²) in [5, 5.41) is 8.69. The first-order chi connectivity index (χ1) is 14.5. The summed E-state index contributed by atoms with van der Waals surface area (Å²) in [5.41, 5.74) is 1.11. The predicted octanol–water partition coefficient (Wildman–Crippen LogP) is 2.40. The Kier molecular flexibility index (Phi) is 5.65. The number of aryl methyl sites for hydroxylation is 2. The second kappa shape index (κ2) is 8.52. The average Bonchev–Trinajstić information content (AvgIpc) is 3.19. The Labute approximate surface area is 176 Å². The smallest absolute Gasteiger partial charge is 0.263 e. The van der Waals surface area contributed by atoms with Crippen LogP contribution in [-0.2, 0) is 4.79 Å². The summed E-state index contributed by atoms with van der Waals surface area (Å²) in [6.07, 6.45) is 3.09. The van der Waals surface area contributed by atoms with Gasteiger partial charge in [0.05, 0.1) is 0 Å². The van der Waals surface area contributed by atoms with Gasteiger partial charge in [0.1, 0.15) is 11.6 Å². The highest BCUT2D eigenvalue weighted by molar-refractivity contribution is 5.81. The molecule has 0 bridgehead atoms. The van der Waals surface area contributed by atoms with Crippen LogP contribution in [-0.4, -0.2) is 62.8 Å². The van der Waals surface area contributed by atoms with Crippen LogP contribution in [0.3, 0.4) is 0 Å². The zero-order valence-electron chi connectivity index (χ0n) is 17.5. The van der Waals surface area contributed by atoms with E-state index in [2.05, 4.69) is 20.1 Å². The van der Waals surface area contributed by atoms with Gasteiger partial charge in [0, 0.05) is 38.6 Å². The summed E-state index contributed by atoms with van der Waals surface area (Å²) in [5.74, 6) is 3.15. The monoisotopic (exact) mass is 406 g/mol. The maximum Gasteiger partial charge on any atom is 0.263 e. The first-order valence-corrected chi connectivity index (χ1v) is 10.1. The summed E-state index contributed by atoms with van der Waals surface area (Å²) >= 11 is 0. The first kappa shape index (κ1) is 19.9. The van der Waals surface area contributed by atoms with Gasteiger partial charge in [0.25, 0.3) is 5.91 Å². The number of piperazine rings is 1. The highest BCUT2D eigenvalue weighted by atomic mass is 16.5. The Morgan fingerprint density at radius 1 is 1.03 bits per heavy atom. The van der Waals surface area contributed by atoms with Crippen LogP contribution in [0, 0.1) is 13.8 Å². The van der Waals surface area contributed by atoms with E-state index in [1.807, 2.05) is 65.9 Å². The second-order valence-electron chi connectivity index (χ2n) is 7.48. The number of hydrogen-bond acceptors (Lipinski definition) is 6. The van der Waals surface area contributed by atoms with E-state index in [9.17, 15) is 4.79 Å². The van der Waals surface area contributed by atoms with Gasteiger partial charge >= 0.3 is 0 Å². The minimum absolute atomic E-state index is 0.00757. The highest BCUT2D eigenvalue weighted by Crippen LogP contribution is 2.18. The molecule has 4 rings (SSSR count). The molecule has 1 aromatic carbocycles. The molecule has 3 heterocycles. The fraction of sp³-hybridized carbons (Fsp3) is 0.364. The van der Waals surface area contributed by atoms with E-state index in [4.69, 9.17) is 4.74 Å². The van der Waals surface area contributed by atoms with Gasteiger partial charge in [-0.25, -0.2) is 4.98 Å². The molecule has 1 amide bonds. The largest absolute Gasteiger partial charge is 0.481 e. The molecular formula is C22H26N6O2. The van der Waals surface area contributed by atoms with Gasteiger partial charge in [-0.05, 0) is 50.6 Å². The lowest BCUT2D eigenvalue weighted by molar-refractivity contribution is -0.138. The maximum atomic E-state index is 12.8. The van der Waals surface area contributed by atoms with E-state index in [0.717, 1.165) is 28.8 Å². The molecule has 1 fully saturated rings. The molecule has 1 unspecified atom stereocenters. The van der Waals surface area contributed by atoms with Crippen molar-refractivity contribution in [3.63, 3.8) is 0 Å². The van der Waals surface area contributed by atoms with Crippen LogP contribution in [0.4, 0.5) is 5.82 Å². The molecule has 30 heavy (non-hydrogen) atoms. The quantitative estimate of drug-likeness (QED) is 0.648. The number of carbonyl (C=O) groups is 1. The Balaban J connectivity index is 1.33. The Bertz CT molecular complexity index is 1010. The lowest BCUT2D eigenvalue weighted by Crippen LogP contribution is -2.52.